The van der Waals surface area contributed by atoms with Gasteiger partial charge < -0.3 is 77.8 Å². The Labute approximate surface area is 616 Å². The van der Waals surface area contributed by atoms with Crippen molar-refractivity contribution in [1.82, 2.24) is 5.32 Å². The fourth-order valence-corrected chi connectivity index (χ4v) is 27.6. The fourth-order valence-electron chi connectivity index (χ4n) is 27.6. The minimum atomic E-state index is -1.25. The number of carbonyl (C=O) groups is 4. The number of rotatable bonds is 10. The number of hydrogen-bond acceptors (Lipinski definition) is 20. The van der Waals surface area contributed by atoms with Crippen LogP contribution in [0.5, 0.6) is 0 Å². The van der Waals surface area contributed by atoms with Crippen LogP contribution in [0.1, 0.15) is 274 Å². The number of aliphatic hydroxyl groups is 4. The van der Waals surface area contributed by atoms with E-state index in [1.165, 1.54) is 71.6 Å². The van der Waals surface area contributed by atoms with Crippen LogP contribution in [-0.2, 0) is 61.7 Å². The second kappa shape index (κ2) is 27.0. The van der Waals surface area contributed by atoms with E-state index in [9.17, 15) is 39.6 Å². The molecule has 28 atom stereocenters. The SMILES string of the molecule is CC(=O)O[C@@H]([C@H]1C[C@@H](C)[C@H]2[C@H](O1)[C@H](O)[C@@]1(C)[C@@H]3CC[C@H]4C(C)(C)[C@@H](O[C@H]5CCCCO5)CC[C@@]45CC35CC[C@]21C)C(C)(C)O.CC(=O)O[C@@H]([C@H]1C[C@@H](C)[C@H]2[C@H](O1)[C@H](O)[C@@]1(C)[C@@H]3CC[C@H]4C(C)(C)[C@@H](O[C@H]5CNCCO5)CC[C@@]45CC35CC[C@]21C)C(C)(C)O.CC(C)(C)OC(=O)OC(=O)OC(C)(C)C. The molecule has 0 aromatic rings. The lowest BCUT2D eigenvalue weighted by Crippen LogP contribution is -2.60. The monoisotopic (exact) mass is 1450 g/mol. The van der Waals surface area contributed by atoms with Crippen LogP contribution in [0.2, 0.25) is 0 Å². The molecule has 0 amide bonds. The van der Waals surface area contributed by atoms with Gasteiger partial charge in [-0.15, -0.1) is 0 Å². The fraction of sp³-hybridized carbons (Fsp3) is 0.952. The normalized spacial score (nSPS) is 47.2. The quantitative estimate of drug-likeness (QED) is 0.0589. The Kier molecular flexibility index (Phi) is 20.9. The molecule has 10 saturated carbocycles. The predicted octanol–water partition coefficient (Wildman–Crippen LogP) is 14.1. The molecule has 588 valence electrons. The van der Waals surface area contributed by atoms with Gasteiger partial charge in [-0.1, -0.05) is 69.2 Å². The Morgan fingerprint density at radius 2 is 0.883 bits per heavy atom. The zero-order valence-electron chi connectivity index (χ0n) is 67.2. The first-order valence-electron chi connectivity index (χ1n) is 40.4. The average molecular weight is 1450 g/mol. The van der Waals surface area contributed by atoms with Crippen molar-refractivity contribution in [2.24, 2.45) is 101 Å². The van der Waals surface area contributed by atoms with E-state index in [1.807, 2.05) is 0 Å². The van der Waals surface area contributed by atoms with Gasteiger partial charge in [-0.3, -0.25) is 9.59 Å². The Bertz CT molecular complexity index is 2910. The molecule has 14 rings (SSSR count). The topological polar surface area (TPSA) is 263 Å². The summed E-state index contributed by atoms with van der Waals surface area (Å²) in [7, 11) is 0. The van der Waals surface area contributed by atoms with Crippen molar-refractivity contribution in [1.29, 1.82) is 0 Å². The van der Waals surface area contributed by atoms with E-state index < -0.39 is 83.3 Å². The number of aliphatic hydroxyl groups excluding tert-OH is 2. The third-order valence-corrected chi connectivity index (χ3v) is 31.8. The molecule has 103 heavy (non-hydrogen) atoms. The molecule has 4 aliphatic heterocycles. The molecule has 2 unspecified atom stereocenters. The number of morpholine rings is 1. The molecule has 0 aromatic heterocycles. The number of ether oxygens (including phenoxy) is 11. The van der Waals surface area contributed by atoms with Gasteiger partial charge in [-0.2, -0.15) is 0 Å². The Balaban J connectivity index is 0.000000163. The van der Waals surface area contributed by atoms with E-state index in [0.717, 1.165) is 71.1 Å². The molecule has 20 heteroatoms. The number of carbonyl (C=O) groups excluding carboxylic acids is 4. The summed E-state index contributed by atoms with van der Waals surface area (Å²) in [6.07, 6.45) is 15.3. The van der Waals surface area contributed by atoms with Crippen molar-refractivity contribution in [3.05, 3.63) is 0 Å². The molecule has 14 aliphatic rings. The number of fused-ring (bicyclic) bond motifs is 8. The van der Waals surface area contributed by atoms with Crippen molar-refractivity contribution in [3.63, 3.8) is 0 Å². The maximum Gasteiger partial charge on any atom is 0.519 e. The van der Waals surface area contributed by atoms with Gasteiger partial charge in [0.15, 0.2) is 24.8 Å². The van der Waals surface area contributed by atoms with Crippen molar-refractivity contribution < 1.29 is 91.7 Å². The highest BCUT2D eigenvalue weighted by molar-refractivity contribution is 5.77. The van der Waals surface area contributed by atoms with E-state index in [0.29, 0.717) is 54.0 Å². The van der Waals surface area contributed by atoms with E-state index in [4.69, 9.17) is 47.4 Å². The van der Waals surface area contributed by atoms with Crippen molar-refractivity contribution in [2.75, 3.05) is 26.3 Å². The molecule has 0 radical (unpaired) electrons. The van der Waals surface area contributed by atoms with Crippen LogP contribution >= 0.6 is 0 Å². The maximum atomic E-state index is 12.5. The van der Waals surface area contributed by atoms with Gasteiger partial charge >= 0.3 is 24.2 Å². The third-order valence-electron chi connectivity index (χ3n) is 31.8. The zero-order chi connectivity index (χ0) is 75.6. The van der Waals surface area contributed by atoms with Crippen LogP contribution in [0.15, 0.2) is 0 Å². The van der Waals surface area contributed by atoms with Gasteiger partial charge in [0.2, 0.25) is 0 Å². The van der Waals surface area contributed by atoms with Crippen LogP contribution in [-0.4, -0.2) is 167 Å². The number of hydrogen-bond donors (Lipinski definition) is 5. The minimum Gasteiger partial charge on any atom is -0.457 e. The lowest BCUT2D eigenvalue weighted by Gasteiger charge is -2.64. The average Bonchev–Trinajstić information content (AvgIpc) is 1.46. The molecule has 0 aromatic carbocycles. The van der Waals surface area contributed by atoms with E-state index in [2.05, 4.69) is 79.3 Å². The summed E-state index contributed by atoms with van der Waals surface area (Å²) in [6, 6.07) is 0. The first-order chi connectivity index (χ1) is 47.5. The molecule has 20 nitrogen and oxygen atoms in total. The second-order valence-corrected chi connectivity index (χ2v) is 41.1. The highest BCUT2D eigenvalue weighted by Crippen LogP contribution is 2.91. The van der Waals surface area contributed by atoms with Gasteiger partial charge in [0.1, 0.15) is 11.2 Å². The van der Waals surface area contributed by atoms with Gasteiger partial charge in [0.25, 0.3) is 0 Å². The number of esters is 2. The first-order valence-corrected chi connectivity index (χ1v) is 40.4. The molecule has 4 heterocycles. The largest absolute Gasteiger partial charge is 0.519 e. The molecular weight excluding hydrogens is 1310 g/mol. The van der Waals surface area contributed by atoms with Gasteiger partial charge in [0, 0.05) is 44.4 Å². The molecular formula is C83H137NO19. The molecule has 14 fully saturated rings. The molecule has 5 N–H and O–H groups in total. The highest BCUT2D eigenvalue weighted by Gasteiger charge is 2.87. The third kappa shape index (κ3) is 13.1. The van der Waals surface area contributed by atoms with Crippen LogP contribution in [0, 0.1) is 101 Å². The summed E-state index contributed by atoms with van der Waals surface area (Å²) in [5.41, 5.74) is -3.04. The van der Waals surface area contributed by atoms with Crippen molar-refractivity contribution >= 4 is 24.2 Å². The highest BCUT2D eigenvalue weighted by atomic mass is 16.8. The summed E-state index contributed by atoms with van der Waals surface area (Å²) in [5.74, 6) is 2.37. The maximum absolute atomic E-state index is 12.5. The van der Waals surface area contributed by atoms with Crippen molar-refractivity contribution in [3.8, 4) is 0 Å². The van der Waals surface area contributed by atoms with Crippen LogP contribution < -0.4 is 5.32 Å². The minimum absolute atomic E-state index is 0.0339. The first kappa shape index (κ1) is 79.8. The molecule has 10 aliphatic carbocycles. The van der Waals surface area contributed by atoms with Gasteiger partial charge in [0.05, 0.1) is 66.6 Å². The summed E-state index contributed by atoms with van der Waals surface area (Å²) in [6.45, 7) is 46.9. The summed E-state index contributed by atoms with van der Waals surface area (Å²) in [5, 5.41) is 50.4. The summed E-state index contributed by atoms with van der Waals surface area (Å²) in [4.78, 5) is 46.1. The van der Waals surface area contributed by atoms with E-state index in [1.54, 1.807) is 69.2 Å². The second-order valence-electron chi connectivity index (χ2n) is 41.1. The molecule has 0 bridgehead atoms. The molecule has 4 saturated heterocycles. The van der Waals surface area contributed by atoms with Gasteiger partial charge in [-0.05, 0) is 282 Å². The van der Waals surface area contributed by atoms with Crippen LogP contribution in [0.3, 0.4) is 0 Å². The zero-order valence-corrected chi connectivity index (χ0v) is 67.2. The standard InChI is InChI=1S/C37H60O7.C36H59NO7.C10H18O5/c1-21-19-23(31(33(5,6)40)42-22(2)38)43-29-28(21)34(7)16-17-37-20-36(37)15-14-26(44-27-11-9-10-18-41-27)32(3,4)24(36)12-13-25(37)35(34,8)30(29)39;1-20-17-22(30(32(5,6)40)42-21(2)38)43-28-27(20)33(7)13-14-36-19-35(36)12-11-25(44-26-18-37-15-16-41-26)31(3,4)23(35)9-10-24(36)34(33,8)29(28)39;1-9(2,3)14-7(11)13-8(12)15-10(4,5)6/h21,23-31,39-40H,9-20H2,1-8H3;20,22-30,37,39-40H,9-19H2,1-8H3;1-6H3/t21-,23-,24+,25+,26+,27+,28+,29+,30+,31+,34-,35-,36-,37?;20-,22-,23+,24+,25+,26+,27+,28+,29+,30+,33-,34-,35-,36?;/m11./s1. The van der Waals surface area contributed by atoms with Crippen LogP contribution in [0.25, 0.3) is 0 Å². The Hall–Kier alpha value is -2.76. The lowest BCUT2D eigenvalue weighted by atomic mass is 9.41. The smallest absolute Gasteiger partial charge is 0.457 e. The van der Waals surface area contributed by atoms with E-state index >= 15 is 0 Å². The number of nitrogens with one attached hydrogen (secondary N) is 1. The van der Waals surface area contributed by atoms with E-state index in [-0.39, 0.29) is 104 Å². The summed E-state index contributed by atoms with van der Waals surface area (Å²) >= 11 is 0. The molecule has 4 spiro atoms. The Morgan fingerprint density at radius 1 is 0.495 bits per heavy atom. The van der Waals surface area contributed by atoms with Crippen LogP contribution in [0.4, 0.5) is 9.59 Å². The Morgan fingerprint density at radius 3 is 1.24 bits per heavy atom. The lowest BCUT2D eigenvalue weighted by molar-refractivity contribution is -0.242. The predicted molar refractivity (Wildman–Crippen MR) is 385 cm³/mol. The van der Waals surface area contributed by atoms with Crippen molar-refractivity contribution in [2.45, 2.75) is 370 Å². The summed E-state index contributed by atoms with van der Waals surface area (Å²) < 4.78 is 64.3. The van der Waals surface area contributed by atoms with Gasteiger partial charge in [-0.25, -0.2) is 9.59 Å².